The summed E-state index contributed by atoms with van der Waals surface area (Å²) in [6, 6.07) is 10.7. The van der Waals surface area contributed by atoms with Crippen molar-refractivity contribution < 1.29 is 19.1 Å². The summed E-state index contributed by atoms with van der Waals surface area (Å²) in [4.78, 5) is 24.4. The van der Waals surface area contributed by atoms with Crippen LogP contribution in [-0.4, -0.2) is 18.0 Å². The lowest BCUT2D eigenvalue weighted by atomic mass is 9.87. The molecule has 1 aromatic heterocycles. The van der Waals surface area contributed by atoms with Gasteiger partial charge in [-0.15, -0.1) is 0 Å². The molecule has 25 heavy (non-hydrogen) atoms. The number of aryl methyl sites for hydroxylation is 1. The minimum absolute atomic E-state index is 0.0604. The molecule has 1 heterocycles. The molecule has 1 aliphatic carbocycles. The Morgan fingerprint density at radius 1 is 1.24 bits per heavy atom. The summed E-state index contributed by atoms with van der Waals surface area (Å²) in [5.74, 6) is -0.961. The third-order valence-corrected chi connectivity index (χ3v) is 4.38. The summed E-state index contributed by atoms with van der Waals surface area (Å²) in [5.41, 5.74) is 2.61. The number of nitrogens with zero attached hydrogens (tertiary/aromatic N) is 1. The smallest absolute Gasteiger partial charge is 0.339 e. The van der Waals surface area contributed by atoms with E-state index in [1.165, 1.54) is 30.1 Å². The molecule has 0 unspecified atom stereocenters. The van der Waals surface area contributed by atoms with Crippen molar-refractivity contribution in [2.45, 2.75) is 38.3 Å². The Hall–Kier alpha value is -2.89. The van der Waals surface area contributed by atoms with E-state index in [0.29, 0.717) is 4.73 Å². The lowest BCUT2D eigenvalue weighted by Gasteiger charge is -2.27. The summed E-state index contributed by atoms with van der Waals surface area (Å²) >= 11 is 0. The van der Waals surface area contributed by atoms with Crippen LogP contribution >= 0.6 is 0 Å². The number of carbonyl (C=O) groups is 2. The van der Waals surface area contributed by atoms with E-state index in [9.17, 15) is 14.8 Å². The van der Waals surface area contributed by atoms with E-state index < -0.39 is 12.1 Å². The van der Waals surface area contributed by atoms with Gasteiger partial charge in [0.25, 0.3) is 5.91 Å². The lowest BCUT2D eigenvalue weighted by molar-refractivity contribution is -0.605. The third-order valence-electron chi connectivity index (χ3n) is 4.38. The molecule has 0 saturated heterocycles. The van der Waals surface area contributed by atoms with Crippen LogP contribution < -0.4 is 10.0 Å². The maximum atomic E-state index is 12.4. The summed E-state index contributed by atoms with van der Waals surface area (Å²) in [6.45, 7) is 1.54. The first-order valence-electron chi connectivity index (χ1n) is 8.32. The number of carbonyl (C=O) groups excluding carboxylic acids is 2. The number of pyridine rings is 1. The molecule has 3 rings (SSSR count). The van der Waals surface area contributed by atoms with Crippen LogP contribution in [0.15, 0.2) is 48.8 Å². The van der Waals surface area contributed by atoms with Gasteiger partial charge in [0.1, 0.15) is 0 Å². The largest absolute Gasteiger partial charge is 0.619 e. The van der Waals surface area contributed by atoms with Gasteiger partial charge >= 0.3 is 5.97 Å². The van der Waals surface area contributed by atoms with Crippen LogP contribution in [0.25, 0.3) is 0 Å². The van der Waals surface area contributed by atoms with Gasteiger partial charge in [-0.1, -0.05) is 24.3 Å². The highest BCUT2D eigenvalue weighted by atomic mass is 16.5. The molecule has 1 amide bonds. The molecular weight excluding hydrogens is 320 g/mol. The quantitative estimate of drug-likeness (QED) is 0.525. The Morgan fingerprint density at radius 3 is 2.72 bits per heavy atom. The van der Waals surface area contributed by atoms with Crippen molar-refractivity contribution in [2.24, 2.45) is 0 Å². The third kappa shape index (κ3) is 3.96. The van der Waals surface area contributed by atoms with Crippen LogP contribution in [0.1, 0.15) is 47.3 Å². The summed E-state index contributed by atoms with van der Waals surface area (Å²) < 4.78 is 5.78. The van der Waals surface area contributed by atoms with E-state index in [4.69, 9.17) is 4.74 Å². The Labute approximate surface area is 146 Å². The zero-order valence-electron chi connectivity index (χ0n) is 14.0. The van der Waals surface area contributed by atoms with E-state index in [1.807, 2.05) is 18.2 Å². The number of nitrogens with one attached hydrogen (secondary N) is 1. The fourth-order valence-corrected chi connectivity index (χ4v) is 3.02. The van der Waals surface area contributed by atoms with Gasteiger partial charge in [-0.3, -0.25) is 4.79 Å². The second-order valence-corrected chi connectivity index (χ2v) is 6.15. The molecule has 1 N–H and O–H groups in total. The molecule has 2 aromatic rings. The molecule has 0 radical (unpaired) electrons. The van der Waals surface area contributed by atoms with Gasteiger partial charge < -0.3 is 15.3 Å². The molecule has 6 nitrogen and oxygen atoms in total. The van der Waals surface area contributed by atoms with E-state index >= 15 is 0 Å². The second kappa shape index (κ2) is 7.34. The number of esters is 1. The number of benzene rings is 1. The molecule has 0 spiro atoms. The Balaban J connectivity index is 1.62. The van der Waals surface area contributed by atoms with Crippen molar-refractivity contribution in [1.82, 2.24) is 5.32 Å². The zero-order chi connectivity index (χ0) is 17.8. The average molecular weight is 340 g/mol. The van der Waals surface area contributed by atoms with Gasteiger partial charge in [-0.2, -0.15) is 4.73 Å². The highest BCUT2D eigenvalue weighted by Crippen LogP contribution is 2.29. The fourth-order valence-electron chi connectivity index (χ4n) is 3.02. The zero-order valence-corrected chi connectivity index (χ0v) is 14.0. The number of hydrogen-bond acceptors (Lipinski definition) is 4. The summed E-state index contributed by atoms with van der Waals surface area (Å²) in [5, 5.41) is 14.0. The molecular formula is C19H20N2O4. The molecule has 6 heteroatoms. The lowest BCUT2D eigenvalue weighted by Crippen LogP contribution is -2.39. The van der Waals surface area contributed by atoms with Crippen LogP contribution in [0.5, 0.6) is 0 Å². The first-order valence-corrected chi connectivity index (χ1v) is 8.32. The summed E-state index contributed by atoms with van der Waals surface area (Å²) in [7, 11) is 0. The van der Waals surface area contributed by atoms with Crippen molar-refractivity contribution in [3.05, 3.63) is 70.7 Å². The maximum absolute atomic E-state index is 12.4. The normalized spacial score (nSPS) is 17.2. The van der Waals surface area contributed by atoms with Crippen molar-refractivity contribution in [3.8, 4) is 0 Å². The summed E-state index contributed by atoms with van der Waals surface area (Å²) in [6.07, 6.45) is 4.39. The fraction of sp³-hybridized carbons (Fsp3) is 0.316. The van der Waals surface area contributed by atoms with Crippen LogP contribution in [-0.2, 0) is 16.0 Å². The number of ether oxygens (including phenoxy) is 1. The Kier molecular flexibility index (Phi) is 4.97. The highest BCUT2D eigenvalue weighted by molar-refractivity contribution is 5.92. The Bertz CT molecular complexity index is 773. The molecule has 0 aliphatic heterocycles. The number of hydrogen-bond donors (Lipinski definition) is 1. The molecule has 1 aliphatic rings. The van der Waals surface area contributed by atoms with Crippen molar-refractivity contribution in [2.75, 3.05) is 0 Å². The molecule has 0 bridgehead atoms. The molecule has 1 aromatic carbocycles. The standard InChI is InChI=1S/C19H20N2O4/c1-13(25-19(23)15-9-11-21(24)12-10-15)18(22)20-17-8-4-6-14-5-2-3-7-16(14)17/h2-3,5,7,9-13,17H,4,6,8H2,1H3,(H,20,22)/t13-,17+/m0/s1. The minimum atomic E-state index is -0.916. The van der Waals surface area contributed by atoms with Gasteiger partial charge in [-0.25, -0.2) is 4.79 Å². The van der Waals surface area contributed by atoms with E-state index in [-0.39, 0.29) is 17.5 Å². The molecule has 130 valence electrons. The van der Waals surface area contributed by atoms with Gasteiger partial charge in [0.05, 0.1) is 11.6 Å². The van der Waals surface area contributed by atoms with Crippen molar-refractivity contribution in [1.29, 1.82) is 0 Å². The van der Waals surface area contributed by atoms with Gasteiger partial charge in [0.2, 0.25) is 0 Å². The van der Waals surface area contributed by atoms with E-state index in [0.717, 1.165) is 24.8 Å². The SMILES string of the molecule is C[C@H](OC(=O)c1cc[n+]([O-])cc1)C(=O)N[C@@H]1CCCc2ccccc21. The predicted octanol–water partition coefficient (Wildman–Crippen LogP) is 2.06. The Morgan fingerprint density at radius 2 is 1.96 bits per heavy atom. The number of amides is 1. The average Bonchev–Trinajstić information content (AvgIpc) is 2.62. The number of rotatable bonds is 4. The topological polar surface area (TPSA) is 82.3 Å². The second-order valence-electron chi connectivity index (χ2n) is 6.15. The van der Waals surface area contributed by atoms with Crippen molar-refractivity contribution >= 4 is 11.9 Å². The van der Waals surface area contributed by atoms with Gasteiger partial charge in [0.15, 0.2) is 18.5 Å². The van der Waals surface area contributed by atoms with Crippen molar-refractivity contribution in [3.63, 3.8) is 0 Å². The van der Waals surface area contributed by atoms with Crippen LogP contribution in [0, 0.1) is 5.21 Å². The monoisotopic (exact) mass is 340 g/mol. The van der Waals surface area contributed by atoms with E-state index in [2.05, 4.69) is 11.4 Å². The van der Waals surface area contributed by atoms with Gasteiger partial charge in [0, 0.05) is 12.1 Å². The number of aromatic nitrogens is 1. The molecule has 0 saturated carbocycles. The molecule has 0 fully saturated rings. The maximum Gasteiger partial charge on any atom is 0.339 e. The first kappa shape index (κ1) is 17.0. The molecule has 2 atom stereocenters. The first-order chi connectivity index (χ1) is 12.0. The predicted molar refractivity (Wildman–Crippen MR) is 90.5 cm³/mol. The van der Waals surface area contributed by atoms with Gasteiger partial charge in [-0.05, 0) is 37.3 Å². The van der Waals surface area contributed by atoms with Crippen LogP contribution in [0.3, 0.4) is 0 Å². The minimum Gasteiger partial charge on any atom is -0.619 e. The highest BCUT2D eigenvalue weighted by Gasteiger charge is 2.25. The van der Waals surface area contributed by atoms with E-state index in [1.54, 1.807) is 6.92 Å². The van der Waals surface area contributed by atoms with Crippen LogP contribution in [0.2, 0.25) is 0 Å². The van der Waals surface area contributed by atoms with Crippen LogP contribution in [0.4, 0.5) is 0 Å². The number of fused-ring (bicyclic) bond motifs is 1.